The molecule has 2 aliphatic rings. The standard InChI is InChI=1S/C17H23N5O4S/c1-20-11-15(18-12-20)27(24,25)22-8-4-7-21(9-10-22)17(23)16-13-5-2-3-6-14(13)26-19-16/h11-12H,2-10H2,1H3. The molecule has 0 aromatic carbocycles. The molecule has 1 amide bonds. The molecule has 0 spiro atoms. The first-order valence-corrected chi connectivity index (χ1v) is 10.7. The lowest BCUT2D eigenvalue weighted by atomic mass is 9.96. The van der Waals surface area contributed by atoms with E-state index in [0.717, 1.165) is 37.0 Å². The van der Waals surface area contributed by atoms with Gasteiger partial charge in [-0.2, -0.15) is 4.31 Å². The van der Waals surface area contributed by atoms with Crippen LogP contribution in [0.1, 0.15) is 41.1 Å². The molecule has 1 saturated heterocycles. The van der Waals surface area contributed by atoms with Gasteiger partial charge >= 0.3 is 0 Å². The normalized spacial score (nSPS) is 18.9. The molecule has 0 atom stereocenters. The Morgan fingerprint density at radius 2 is 1.93 bits per heavy atom. The van der Waals surface area contributed by atoms with Crippen LogP contribution in [0, 0.1) is 0 Å². The van der Waals surface area contributed by atoms with Gasteiger partial charge in [-0.15, -0.1) is 0 Å². The summed E-state index contributed by atoms with van der Waals surface area (Å²) in [4.78, 5) is 18.6. The molecule has 10 heteroatoms. The van der Waals surface area contributed by atoms with Crippen LogP contribution in [0.3, 0.4) is 0 Å². The van der Waals surface area contributed by atoms with Gasteiger partial charge < -0.3 is 14.0 Å². The average molecular weight is 393 g/mol. The topological polar surface area (TPSA) is 102 Å². The largest absolute Gasteiger partial charge is 0.360 e. The first-order valence-electron chi connectivity index (χ1n) is 9.21. The van der Waals surface area contributed by atoms with E-state index in [1.165, 1.54) is 16.8 Å². The minimum absolute atomic E-state index is 0.0374. The summed E-state index contributed by atoms with van der Waals surface area (Å²) < 4.78 is 33.9. The van der Waals surface area contributed by atoms with Gasteiger partial charge in [-0.3, -0.25) is 4.79 Å². The zero-order chi connectivity index (χ0) is 19.0. The summed E-state index contributed by atoms with van der Waals surface area (Å²) in [5.41, 5.74) is 1.32. The number of hydrogen-bond donors (Lipinski definition) is 0. The summed E-state index contributed by atoms with van der Waals surface area (Å²) in [6, 6.07) is 0. The van der Waals surface area contributed by atoms with Crippen molar-refractivity contribution in [3.63, 3.8) is 0 Å². The molecular weight excluding hydrogens is 370 g/mol. The lowest BCUT2D eigenvalue weighted by molar-refractivity contribution is 0.0753. The van der Waals surface area contributed by atoms with E-state index >= 15 is 0 Å². The van der Waals surface area contributed by atoms with E-state index in [1.54, 1.807) is 16.5 Å². The summed E-state index contributed by atoms with van der Waals surface area (Å²) in [6.07, 6.45) is 7.25. The maximum Gasteiger partial charge on any atom is 0.276 e. The predicted molar refractivity (Wildman–Crippen MR) is 95.6 cm³/mol. The Bertz CT molecular complexity index is 948. The van der Waals surface area contributed by atoms with Gasteiger partial charge in [0.05, 0.1) is 6.33 Å². The summed E-state index contributed by atoms with van der Waals surface area (Å²) in [5.74, 6) is 0.651. The Hall–Kier alpha value is -2.20. The highest BCUT2D eigenvalue weighted by atomic mass is 32.2. The van der Waals surface area contributed by atoms with E-state index < -0.39 is 10.0 Å². The number of amides is 1. The first-order chi connectivity index (χ1) is 13.0. The van der Waals surface area contributed by atoms with Gasteiger partial charge in [0.25, 0.3) is 15.9 Å². The van der Waals surface area contributed by atoms with Gasteiger partial charge in [0.15, 0.2) is 10.7 Å². The van der Waals surface area contributed by atoms with Crippen molar-refractivity contribution in [1.29, 1.82) is 0 Å². The van der Waals surface area contributed by atoms with Crippen molar-refractivity contribution in [1.82, 2.24) is 23.9 Å². The Morgan fingerprint density at radius 1 is 1.11 bits per heavy atom. The van der Waals surface area contributed by atoms with Gasteiger partial charge in [-0.1, -0.05) is 5.16 Å². The van der Waals surface area contributed by atoms with E-state index in [1.807, 2.05) is 0 Å². The van der Waals surface area contributed by atoms with E-state index in [4.69, 9.17) is 4.52 Å². The molecule has 3 heterocycles. The number of nitrogens with zero attached hydrogens (tertiary/aromatic N) is 5. The lowest BCUT2D eigenvalue weighted by Crippen LogP contribution is -2.37. The van der Waals surface area contributed by atoms with Crippen LogP contribution in [0.15, 0.2) is 22.1 Å². The lowest BCUT2D eigenvalue weighted by Gasteiger charge is -2.21. The van der Waals surface area contributed by atoms with E-state index in [-0.39, 0.29) is 17.5 Å². The monoisotopic (exact) mass is 393 g/mol. The molecule has 146 valence electrons. The second-order valence-corrected chi connectivity index (χ2v) is 8.95. The van der Waals surface area contributed by atoms with Crippen molar-refractivity contribution < 1.29 is 17.7 Å². The fourth-order valence-corrected chi connectivity index (χ4v) is 5.13. The molecule has 0 unspecified atom stereocenters. The predicted octanol–water partition coefficient (Wildman–Crippen LogP) is 0.824. The molecule has 0 N–H and O–H groups in total. The van der Waals surface area contributed by atoms with Gasteiger partial charge in [0.2, 0.25) is 0 Å². The van der Waals surface area contributed by atoms with Crippen molar-refractivity contribution in [2.24, 2.45) is 7.05 Å². The molecule has 0 saturated carbocycles. The summed E-state index contributed by atoms with van der Waals surface area (Å²) in [6.45, 7) is 1.42. The minimum atomic E-state index is -3.65. The van der Waals surface area contributed by atoms with Crippen LogP contribution in [0.25, 0.3) is 0 Å². The van der Waals surface area contributed by atoms with Crippen molar-refractivity contribution in [3.8, 4) is 0 Å². The third-order valence-electron chi connectivity index (χ3n) is 5.18. The molecule has 1 aliphatic heterocycles. The number of rotatable bonds is 3. The van der Waals surface area contributed by atoms with Crippen LogP contribution in [0.2, 0.25) is 0 Å². The van der Waals surface area contributed by atoms with Gasteiger partial charge in [-0.25, -0.2) is 13.4 Å². The molecule has 4 rings (SSSR count). The van der Waals surface area contributed by atoms with Crippen LogP contribution in [-0.2, 0) is 29.9 Å². The van der Waals surface area contributed by atoms with Crippen LogP contribution in [-0.4, -0.2) is 64.4 Å². The van der Waals surface area contributed by atoms with Crippen LogP contribution < -0.4 is 0 Å². The number of carbonyl (C=O) groups is 1. The van der Waals surface area contributed by atoms with E-state index in [2.05, 4.69) is 10.1 Å². The van der Waals surface area contributed by atoms with Gasteiger partial charge in [0, 0.05) is 51.4 Å². The molecule has 2 aromatic heterocycles. The average Bonchev–Trinajstić information content (AvgIpc) is 3.20. The number of aryl methyl sites for hydroxylation is 2. The maximum atomic E-state index is 12.9. The molecule has 2 aromatic rings. The fraction of sp³-hybridized carbons (Fsp3) is 0.588. The van der Waals surface area contributed by atoms with Crippen molar-refractivity contribution in [2.75, 3.05) is 26.2 Å². The molecule has 1 fully saturated rings. The number of fused-ring (bicyclic) bond motifs is 1. The van der Waals surface area contributed by atoms with Crippen LogP contribution in [0.5, 0.6) is 0 Å². The number of sulfonamides is 1. The van der Waals surface area contributed by atoms with Crippen molar-refractivity contribution in [2.45, 2.75) is 37.1 Å². The Labute approximate surface area is 158 Å². The highest BCUT2D eigenvalue weighted by molar-refractivity contribution is 7.89. The molecular formula is C17H23N5O4S. The molecule has 0 radical (unpaired) electrons. The zero-order valence-electron chi connectivity index (χ0n) is 15.3. The number of carbonyl (C=O) groups excluding carboxylic acids is 1. The molecule has 0 bridgehead atoms. The Balaban J connectivity index is 1.49. The second kappa shape index (κ2) is 7.08. The molecule has 9 nitrogen and oxygen atoms in total. The molecule has 27 heavy (non-hydrogen) atoms. The SMILES string of the molecule is Cn1cnc(S(=O)(=O)N2CCCN(C(=O)c3noc4c3CCCC4)CC2)c1. The van der Waals surface area contributed by atoms with Gasteiger partial charge in [0.1, 0.15) is 5.76 Å². The first kappa shape index (κ1) is 18.2. The summed E-state index contributed by atoms with van der Waals surface area (Å²) >= 11 is 0. The quantitative estimate of drug-likeness (QED) is 0.765. The third kappa shape index (κ3) is 3.39. The fourth-order valence-electron chi connectivity index (χ4n) is 3.69. The van der Waals surface area contributed by atoms with E-state index in [0.29, 0.717) is 31.7 Å². The second-order valence-electron chi connectivity index (χ2n) is 7.07. The number of imidazole rings is 1. The zero-order valence-corrected chi connectivity index (χ0v) is 16.1. The Kier molecular flexibility index (Phi) is 4.77. The Morgan fingerprint density at radius 3 is 2.70 bits per heavy atom. The van der Waals surface area contributed by atoms with Crippen molar-refractivity contribution in [3.05, 3.63) is 29.5 Å². The van der Waals surface area contributed by atoms with Gasteiger partial charge in [-0.05, 0) is 25.7 Å². The van der Waals surface area contributed by atoms with E-state index in [9.17, 15) is 13.2 Å². The highest BCUT2D eigenvalue weighted by Crippen LogP contribution is 2.25. The van der Waals surface area contributed by atoms with Crippen LogP contribution in [0.4, 0.5) is 0 Å². The number of aromatic nitrogens is 3. The molecule has 1 aliphatic carbocycles. The smallest absolute Gasteiger partial charge is 0.276 e. The number of hydrogen-bond acceptors (Lipinski definition) is 6. The van der Waals surface area contributed by atoms with Crippen LogP contribution >= 0.6 is 0 Å². The maximum absolute atomic E-state index is 12.9. The summed E-state index contributed by atoms with van der Waals surface area (Å²) in [5, 5.41) is 4.05. The highest BCUT2D eigenvalue weighted by Gasteiger charge is 2.32. The third-order valence-corrected chi connectivity index (χ3v) is 6.96. The minimum Gasteiger partial charge on any atom is -0.360 e. The van der Waals surface area contributed by atoms with Crippen molar-refractivity contribution >= 4 is 15.9 Å². The summed E-state index contributed by atoms with van der Waals surface area (Å²) in [7, 11) is -1.92.